The van der Waals surface area contributed by atoms with Crippen molar-refractivity contribution in [2.24, 2.45) is 5.92 Å². The number of amides is 1. The van der Waals surface area contributed by atoms with Gasteiger partial charge in [-0.1, -0.05) is 33.3 Å². The van der Waals surface area contributed by atoms with E-state index in [2.05, 4.69) is 22.4 Å². The molecule has 2 N–H and O–H groups in total. The van der Waals surface area contributed by atoms with Gasteiger partial charge in [-0.15, -0.1) is 10.2 Å². The van der Waals surface area contributed by atoms with Gasteiger partial charge < -0.3 is 10.4 Å². The second-order valence-electron chi connectivity index (χ2n) is 5.91. The first kappa shape index (κ1) is 16.4. The van der Waals surface area contributed by atoms with Crippen LogP contribution in [0.15, 0.2) is 24.4 Å². The molecular formula is C16H24N4O2. The molecule has 2 unspecified atom stereocenters. The van der Waals surface area contributed by atoms with E-state index in [-0.39, 0.29) is 24.3 Å². The van der Waals surface area contributed by atoms with Gasteiger partial charge in [-0.3, -0.25) is 9.20 Å². The van der Waals surface area contributed by atoms with Crippen LogP contribution in [-0.2, 0) is 4.79 Å². The summed E-state index contributed by atoms with van der Waals surface area (Å²) in [6.45, 7) is 5.85. The zero-order chi connectivity index (χ0) is 16.1. The van der Waals surface area contributed by atoms with Crippen LogP contribution in [0.4, 0.5) is 0 Å². The average molecular weight is 304 g/mol. The molecule has 22 heavy (non-hydrogen) atoms. The number of pyridine rings is 1. The van der Waals surface area contributed by atoms with Gasteiger partial charge in [0, 0.05) is 6.20 Å². The molecule has 6 heteroatoms. The van der Waals surface area contributed by atoms with Gasteiger partial charge in [0.1, 0.15) is 0 Å². The highest BCUT2D eigenvalue weighted by Crippen LogP contribution is 2.18. The quantitative estimate of drug-likeness (QED) is 0.821. The third-order valence-corrected chi connectivity index (χ3v) is 3.73. The second kappa shape index (κ2) is 7.35. The minimum absolute atomic E-state index is 0.0595. The van der Waals surface area contributed by atoms with Crippen LogP contribution in [-0.4, -0.2) is 31.7 Å². The van der Waals surface area contributed by atoms with Gasteiger partial charge >= 0.3 is 0 Å². The lowest BCUT2D eigenvalue weighted by molar-refractivity contribution is -0.124. The highest BCUT2D eigenvalue weighted by atomic mass is 16.3. The Labute approximate surface area is 130 Å². The predicted molar refractivity (Wildman–Crippen MR) is 84.2 cm³/mol. The standard InChI is InChI=1S/C16H24N4O2/c1-4-7-12(17-15(22)10-13(21)11(2)3)16-19-18-14-8-5-6-9-20(14)16/h5-6,8-9,11-13,21H,4,7,10H2,1-3H3,(H,17,22). The Balaban J connectivity index is 2.14. The topological polar surface area (TPSA) is 79.5 Å². The molecule has 0 aliphatic heterocycles. The molecule has 2 aromatic heterocycles. The van der Waals surface area contributed by atoms with Gasteiger partial charge in [0.25, 0.3) is 0 Å². The highest BCUT2D eigenvalue weighted by Gasteiger charge is 2.21. The third kappa shape index (κ3) is 3.82. The van der Waals surface area contributed by atoms with Crippen LogP contribution in [0.2, 0.25) is 0 Å². The second-order valence-corrected chi connectivity index (χ2v) is 5.91. The van der Waals surface area contributed by atoms with Crippen LogP contribution >= 0.6 is 0 Å². The maximum absolute atomic E-state index is 12.1. The number of fused-ring (bicyclic) bond motifs is 1. The predicted octanol–water partition coefficient (Wildman–Crippen LogP) is 2.09. The van der Waals surface area contributed by atoms with E-state index in [4.69, 9.17) is 0 Å². The van der Waals surface area contributed by atoms with Crippen molar-refractivity contribution in [2.75, 3.05) is 0 Å². The van der Waals surface area contributed by atoms with E-state index >= 15 is 0 Å². The monoisotopic (exact) mass is 304 g/mol. The van der Waals surface area contributed by atoms with Crippen LogP contribution in [0.3, 0.4) is 0 Å². The van der Waals surface area contributed by atoms with Crippen molar-refractivity contribution >= 4 is 11.6 Å². The molecule has 0 radical (unpaired) electrons. The zero-order valence-corrected chi connectivity index (χ0v) is 13.4. The van der Waals surface area contributed by atoms with E-state index < -0.39 is 6.10 Å². The number of hydrogen-bond acceptors (Lipinski definition) is 4. The summed E-state index contributed by atoms with van der Waals surface area (Å²) in [5.41, 5.74) is 0.759. The highest BCUT2D eigenvalue weighted by molar-refractivity contribution is 5.76. The van der Waals surface area contributed by atoms with Gasteiger partial charge in [0.05, 0.1) is 18.6 Å². The summed E-state index contributed by atoms with van der Waals surface area (Å²) in [7, 11) is 0. The van der Waals surface area contributed by atoms with Crippen LogP contribution in [0.1, 0.15) is 51.9 Å². The summed E-state index contributed by atoms with van der Waals surface area (Å²) in [5.74, 6) is 0.626. The summed E-state index contributed by atoms with van der Waals surface area (Å²) in [5, 5.41) is 21.2. The Hall–Kier alpha value is -1.95. The van der Waals surface area contributed by atoms with E-state index in [0.29, 0.717) is 0 Å². The molecule has 0 bridgehead atoms. The van der Waals surface area contributed by atoms with Crippen molar-refractivity contribution in [1.82, 2.24) is 19.9 Å². The van der Waals surface area contributed by atoms with E-state index in [1.54, 1.807) is 0 Å². The lowest BCUT2D eigenvalue weighted by Gasteiger charge is -2.19. The molecule has 0 fully saturated rings. The number of nitrogens with one attached hydrogen (secondary N) is 1. The number of carbonyl (C=O) groups is 1. The lowest BCUT2D eigenvalue weighted by Crippen LogP contribution is -2.33. The first-order valence-corrected chi connectivity index (χ1v) is 7.80. The molecule has 2 rings (SSSR count). The third-order valence-electron chi connectivity index (χ3n) is 3.73. The van der Waals surface area contributed by atoms with Crippen molar-refractivity contribution in [2.45, 2.75) is 52.2 Å². The Morgan fingerprint density at radius 3 is 2.82 bits per heavy atom. The smallest absolute Gasteiger partial charge is 0.223 e. The fourth-order valence-corrected chi connectivity index (χ4v) is 2.33. The van der Waals surface area contributed by atoms with Crippen molar-refractivity contribution in [3.05, 3.63) is 30.2 Å². The summed E-state index contributed by atoms with van der Waals surface area (Å²) in [6.07, 6.45) is 3.06. The average Bonchev–Trinajstić information content (AvgIpc) is 2.90. The molecule has 0 aromatic carbocycles. The molecule has 0 aliphatic rings. The number of hydrogen-bond donors (Lipinski definition) is 2. The number of carbonyl (C=O) groups excluding carboxylic acids is 1. The van der Waals surface area contributed by atoms with Gasteiger partial charge in [-0.25, -0.2) is 0 Å². The zero-order valence-electron chi connectivity index (χ0n) is 13.4. The van der Waals surface area contributed by atoms with E-state index in [0.717, 1.165) is 24.3 Å². The minimum Gasteiger partial charge on any atom is -0.392 e. The number of nitrogens with zero attached hydrogens (tertiary/aromatic N) is 3. The molecule has 0 saturated heterocycles. The Morgan fingerprint density at radius 1 is 1.36 bits per heavy atom. The van der Waals surface area contributed by atoms with Gasteiger partial charge in [-0.05, 0) is 24.5 Å². The van der Waals surface area contributed by atoms with E-state index in [1.165, 1.54) is 0 Å². The maximum Gasteiger partial charge on any atom is 0.223 e. The van der Waals surface area contributed by atoms with Crippen molar-refractivity contribution in [3.8, 4) is 0 Å². The number of aliphatic hydroxyl groups is 1. The fourth-order valence-electron chi connectivity index (χ4n) is 2.33. The summed E-state index contributed by atoms with van der Waals surface area (Å²) >= 11 is 0. The van der Waals surface area contributed by atoms with Gasteiger partial charge in [0.15, 0.2) is 11.5 Å². The van der Waals surface area contributed by atoms with Crippen LogP contribution in [0.5, 0.6) is 0 Å². The molecule has 0 spiro atoms. The number of aliphatic hydroxyl groups excluding tert-OH is 1. The van der Waals surface area contributed by atoms with Gasteiger partial charge in [0.2, 0.25) is 5.91 Å². The fraction of sp³-hybridized carbons (Fsp3) is 0.562. The summed E-state index contributed by atoms with van der Waals surface area (Å²) < 4.78 is 1.89. The molecule has 2 heterocycles. The Bertz CT molecular complexity index is 623. The molecule has 2 atom stereocenters. The molecule has 0 aliphatic carbocycles. The molecule has 0 saturated carbocycles. The first-order chi connectivity index (χ1) is 10.5. The molecule has 120 valence electrons. The normalized spacial score (nSPS) is 14.2. The summed E-state index contributed by atoms with van der Waals surface area (Å²) in [6, 6.07) is 5.49. The SMILES string of the molecule is CCCC(NC(=O)CC(O)C(C)C)c1nnc2ccccn12. The van der Waals surface area contributed by atoms with Crippen LogP contribution < -0.4 is 5.32 Å². The van der Waals surface area contributed by atoms with Crippen molar-refractivity contribution in [3.63, 3.8) is 0 Å². The Kier molecular flexibility index (Phi) is 5.49. The van der Waals surface area contributed by atoms with E-state index in [9.17, 15) is 9.90 Å². The molecule has 2 aromatic rings. The molecular weight excluding hydrogens is 280 g/mol. The maximum atomic E-state index is 12.1. The van der Waals surface area contributed by atoms with Crippen LogP contribution in [0.25, 0.3) is 5.65 Å². The minimum atomic E-state index is -0.627. The van der Waals surface area contributed by atoms with Crippen LogP contribution in [0, 0.1) is 5.92 Å². The van der Waals surface area contributed by atoms with Crippen molar-refractivity contribution in [1.29, 1.82) is 0 Å². The molecule has 1 amide bonds. The van der Waals surface area contributed by atoms with Gasteiger partial charge in [-0.2, -0.15) is 0 Å². The van der Waals surface area contributed by atoms with E-state index in [1.807, 2.05) is 42.6 Å². The summed E-state index contributed by atoms with van der Waals surface area (Å²) in [4.78, 5) is 12.1. The number of rotatable bonds is 7. The molecule has 6 nitrogen and oxygen atoms in total. The van der Waals surface area contributed by atoms with Crippen molar-refractivity contribution < 1.29 is 9.90 Å². The first-order valence-electron chi connectivity index (χ1n) is 7.80. The largest absolute Gasteiger partial charge is 0.392 e. The Morgan fingerprint density at radius 2 is 2.14 bits per heavy atom. The lowest BCUT2D eigenvalue weighted by atomic mass is 10.0. The number of aromatic nitrogens is 3.